The van der Waals surface area contributed by atoms with Crippen LogP contribution in [0.15, 0.2) is 53.4 Å². The molecule has 6 nitrogen and oxygen atoms in total. The smallest absolute Gasteiger partial charge is 0.300 e. The molecule has 170 valence electrons. The molecule has 1 aliphatic heterocycles. The van der Waals surface area contributed by atoms with E-state index in [9.17, 15) is 14.7 Å². The van der Waals surface area contributed by atoms with Gasteiger partial charge in [0.05, 0.1) is 29.8 Å². The standard InChI is InChI=1S/C24H19Cl2NO5S/c1-12-8-9-33-23(12)20-19(21(28)13-4-6-15(25)16(26)10-13)22(29)24(30)27(20)14-5-7-17(31-2)18(11-14)32-3/h4-11,20,28H,1-3H3/b21-19-. The lowest BCUT2D eigenvalue weighted by molar-refractivity contribution is -0.132. The Hall–Kier alpha value is -3.00. The number of amides is 1. The highest BCUT2D eigenvalue weighted by Gasteiger charge is 2.48. The lowest BCUT2D eigenvalue weighted by atomic mass is 9.98. The fourth-order valence-corrected chi connectivity index (χ4v) is 5.11. The number of carbonyl (C=O) groups is 2. The number of benzene rings is 2. The van der Waals surface area contributed by atoms with Crippen LogP contribution in [0.5, 0.6) is 11.5 Å². The number of ketones is 1. The van der Waals surface area contributed by atoms with E-state index in [2.05, 4.69) is 0 Å². The van der Waals surface area contributed by atoms with Crippen molar-refractivity contribution in [1.82, 2.24) is 0 Å². The van der Waals surface area contributed by atoms with E-state index < -0.39 is 17.7 Å². The molecule has 3 aromatic rings. The minimum atomic E-state index is -0.836. The Bertz CT molecular complexity index is 1300. The second-order valence-electron chi connectivity index (χ2n) is 7.31. The number of nitrogens with zero attached hydrogens (tertiary/aromatic N) is 1. The maximum absolute atomic E-state index is 13.3. The number of halogens is 2. The van der Waals surface area contributed by atoms with Crippen LogP contribution in [0.4, 0.5) is 5.69 Å². The fourth-order valence-electron chi connectivity index (χ4n) is 3.79. The molecule has 1 aromatic heterocycles. The van der Waals surface area contributed by atoms with Gasteiger partial charge in [0.25, 0.3) is 11.7 Å². The predicted octanol–water partition coefficient (Wildman–Crippen LogP) is 6.01. The Morgan fingerprint density at radius 1 is 1.00 bits per heavy atom. The zero-order chi connectivity index (χ0) is 23.9. The summed E-state index contributed by atoms with van der Waals surface area (Å²) < 4.78 is 10.7. The van der Waals surface area contributed by atoms with Crippen molar-refractivity contribution in [3.63, 3.8) is 0 Å². The van der Waals surface area contributed by atoms with Gasteiger partial charge in [-0.2, -0.15) is 0 Å². The number of thiophene rings is 1. The first-order valence-electron chi connectivity index (χ1n) is 9.81. The maximum Gasteiger partial charge on any atom is 0.300 e. The Labute approximate surface area is 204 Å². The van der Waals surface area contributed by atoms with E-state index in [1.807, 2.05) is 18.4 Å². The molecule has 0 radical (unpaired) electrons. The number of carbonyl (C=O) groups excluding carboxylic acids is 2. The molecule has 1 fully saturated rings. The van der Waals surface area contributed by atoms with Crippen molar-refractivity contribution in [1.29, 1.82) is 0 Å². The zero-order valence-electron chi connectivity index (χ0n) is 17.9. The van der Waals surface area contributed by atoms with Gasteiger partial charge in [0, 0.05) is 22.2 Å². The number of aliphatic hydroxyl groups excluding tert-OH is 1. The van der Waals surface area contributed by atoms with Crippen molar-refractivity contribution in [2.75, 3.05) is 19.1 Å². The van der Waals surface area contributed by atoms with Crippen LogP contribution in [0.1, 0.15) is 22.0 Å². The highest BCUT2D eigenvalue weighted by Crippen LogP contribution is 2.46. The number of methoxy groups -OCH3 is 2. The quantitative estimate of drug-likeness (QED) is 0.262. The summed E-state index contributed by atoms with van der Waals surface area (Å²) in [5, 5.41) is 13.6. The van der Waals surface area contributed by atoms with Crippen LogP contribution in [-0.4, -0.2) is 31.0 Å². The van der Waals surface area contributed by atoms with Gasteiger partial charge < -0.3 is 14.6 Å². The molecule has 1 aliphatic rings. The molecule has 1 N–H and O–H groups in total. The van der Waals surface area contributed by atoms with Crippen molar-refractivity contribution in [3.8, 4) is 11.5 Å². The molecule has 1 unspecified atom stereocenters. The minimum absolute atomic E-state index is 0.0290. The van der Waals surface area contributed by atoms with Gasteiger partial charge in [-0.15, -0.1) is 11.3 Å². The molecule has 33 heavy (non-hydrogen) atoms. The number of aliphatic hydroxyl groups is 1. The monoisotopic (exact) mass is 503 g/mol. The third kappa shape index (κ3) is 3.97. The predicted molar refractivity (Wildman–Crippen MR) is 130 cm³/mol. The van der Waals surface area contributed by atoms with Crippen LogP contribution in [0, 0.1) is 6.92 Å². The van der Waals surface area contributed by atoms with Gasteiger partial charge in [0.2, 0.25) is 0 Å². The van der Waals surface area contributed by atoms with Gasteiger partial charge in [0.1, 0.15) is 11.8 Å². The number of rotatable bonds is 5. The molecular formula is C24H19Cl2NO5S. The first-order valence-corrected chi connectivity index (χ1v) is 11.4. The number of Topliss-reactive ketones (excluding diaryl/α,β-unsaturated/α-hetero) is 1. The topological polar surface area (TPSA) is 76.1 Å². The molecule has 2 heterocycles. The van der Waals surface area contributed by atoms with E-state index in [0.717, 1.165) is 10.4 Å². The summed E-state index contributed by atoms with van der Waals surface area (Å²) >= 11 is 13.5. The molecule has 1 atom stereocenters. The molecule has 1 saturated heterocycles. The second-order valence-corrected chi connectivity index (χ2v) is 9.07. The van der Waals surface area contributed by atoms with Gasteiger partial charge in [-0.1, -0.05) is 23.2 Å². The third-order valence-corrected chi connectivity index (χ3v) is 7.24. The van der Waals surface area contributed by atoms with Gasteiger partial charge >= 0.3 is 0 Å². The fraction of sp³-hybridized carbons (Fsp3) is 0.167. The minimum Gasteiger partial charge on any atom is -0.507 e. The molecule has 9 heteroatoms. The second kappa shape index (κ2) is 9.09. The lowest BCUT2D eigenvalue weighted by Crippen LogP contribution is -2.29. The molecule has 1 amide bonds. The molecule has 0 bridgehead atoms. The van der Waals surface area contributed by atoms with Gasteiger partial charge in [-0.25, -0.2) is 0 Å². The molecule has 0 spiro atoms. The summed E-state index contributed by atoms with van der Waals surface area (Å²) in [4.78, 5) is 28.6. The molecule has 0 aliphatic carbocycles. The maximum atomic E-state index is 13.3. The van der Waals surface area contributed by atoms with E-state index in [0.29, 0.717) is 22.2 Å². The number of hydrogen-bond acceptors (Lipinski definition) is 6. The molecular weight excluding hydrogens is 485 g/mol. The van der Waals surface area contributed by atoms with Crippen molar-refractivity contribution in [2.24, 2.45) is 0 Å². The van der Waals surface area contributed by atoms with Crippen molar-refractivity contribution >= 4 is 57.7 Å². The highest BCUT2D eigenvalue weighted by molar-refractivity contribution is 7.10. The van der Waals surface area contributed by atoms with Crippen molar-refractivity contribution < 1.29 is 24.2 Å². The Kier molecular flexibility index (Phi) is 6.38. The average molecular weight is 504 g/mol. The highest BCUT2D eigenvalue weighted by atomic mass is 35.5. The van der Waals surface area contributed by atoms with E-state index in [-0.39, 0.29) is 21.9 Å². The number of hydrogen-bond donors (Lipinski definition) is 1. The number of ether oxygens (including phenoxy) is 2. The summed E-state index contributed by atoms with van der Waals surface area (Å²) in [5.41, 5.74) is 1.57. The van der Waals surface area contributed by atoms with Crippen LogP contribution in [0.2, 0.25) is 10.0 Å². The number of aryl methyl sites for hydroxylation is 1. The van der Waals surface area contributed by atoms with E-state index in [1.165, 1.54) is 42.6 Å². The van der Waals surface area contributed by atoms with E-state index in [1.54, 1.807) is 24.3 Å². The van der Waals surface area contributed by atoms with Crippen molar-refractivity contribution in [3.05, 3.63) is 79.5 Å². The largest absolute Gasteiger partial charge is 0.507 e. The van der Waals surface area contributed by atoms with Crippen LogP contribution in [-0.2, 0) is 9.59 Å². The number of anilines is 1. The van der Waals surface area contributed by atoms with Gasteiger partial charge in [0.15, 0.2) is 11.5 Å². The van der Waals surface area contributed by atoms with E-state index >= 15 is 0 Å². The van der Waals surface area contributed by atoms with E-state index in [4.69, 9.17) is 32.7 Å². The lowest BCUT2D eigenvalue weighted by Gasteiger charge is -2.25. The van der Waals surface area contributed by atoms with Gasteiger partial charge in [-0.3, -0.25) is 14.5 Å². The van der Waals surface area contributed by atoms with Crippen LogP contribution in [0.25, 0.3) is 5.76 Å². The van der Waals surface area contributed by atoms with Crippen molar-refractivity contribution in [2.45, 2.75) is 13.0 Å². The van der Waals surface area contributed by atoms with Crippen LogP contribution in [0.3, 0.4) is 0 Å². The van der Waals surface area contributed by atoms with Crippen LogP contribution < -0.4 is 14.4 Å². The summed E-state index contributed by atoms with van der Waals surface area (Å²) in [6, 6.07) is 10.5. The average Bonchev–Trinajstić information content (AvgIpc) is 3.34. The zero-order valence-corrected chi connectivity index (χ0v) is 20.2. The summed E-state index contributed by atoms with van der Waals surface area (Å²) in [7, 11) is 3.00. The Morgan fingerprint density at radius 3 is 2.33 bits per heavy atom. The third-order valence-electron chi connectivity index (χ3n) is 5.43. The first-order chi connectivity index (χ1) is 15.8. The Balaban J connectivity index is 1.95. The molecule has 4 rings (SSSR count). The van der Waals surface area contributed by atoms with Crippen LogP contribution >= 0.6 is 34.5 Å². The summed E-state index contributed by atoms with van der Waals surface area (Å²) in [6.07, 6.45) is 0. The van der Waals surface area contributed by atoms with Gasteiger partial charge in [-0.05, 0) is 54.3 Å². The summed E-state index contributed by atoms with van der Waals surface area (Å²) in [6.45, 7) is 1.89. The Morgan fingerprint density at radius 2 is 1.73 bits per heavy atom. The molecule has 2 aromatic carbocycles. The first kappa shape index (κ1) is 23.2. The normalized spacial score (nSPS) is 17.5. The summed E-state index contributed by atoms with van der Waals surface area (Å²) in [5.74, 6) is -0.999. The SMILES string of the molecule is COc1ccc(N2C(=O)C(=O)/C(=C(\O)c3ccc(Cl)c(Cl)c3)C2c2sccc2C)cc1OC. The molecule has 0 saturated carbocycles.